The average Bonchev–Trinajstić information content (AvgIpc) is 3.76. The molecule has 12 amide bonds. The first-order valence-electron chi connectivity index (χ1n) is 29.1. The fraction of sp³-hybridized carbons (Fsp3) is 0.561. The highest BCUT2D eigenvalue weighted by Crippen LogP contribution is 2.21. The number of guanidine groups is 1. The van der Waals surface area contributed by atoms with Gasteiger partial charge in [-0.2, -0.15) is 0 Å². The summed E-state index contributed by atoms with van der Waals surface area (Å²) in [7, 11) is 0. The van der Waals surface area contributed by atoms with Crippen molar-refractivity contribution in [3.8, 4) is 0 Å². The number of likely N-dealkylation sites (tertiary alicyclic amines) is 1. The Morgan fingerprint density at radius 2 is 1.38 bits per heavy atom. The molecular formula is C57H83ClN16O14. The van der Waals surface area contributed by atoms with Crippen molar-refractivity contribution < 1.29 is 67.4 Å². The molecule has 1 aromatic heterocycles. The Kier molecular flexibility index (Phi) is 28.9. The van der Waals surface area contributed by atoms with Gasteiger partial charge in [-0.05, 0) is 100.0 Å². The van der Waals surface area contributed by atoms with Crippen molar-refractivity contribution in [2.75, 3.05) is 19.6 Å². The zero-order valence-electron chi connectivity index (χ0n) is 50.0. The van der Waals surface area contributed by atoms with E-state index in [1.807, 2.05) is 0 Å². The Balaban J connectivity index is 1.69. The number of aromatic nitrogens is 1. The van der Waals surface area contributed by atoms with Gasteiger partial charge in [-0.15, -0.1) is 0 Å². The summed E-state index contributed by atoms with van der Waals surface area (Å²) in [5, 5.41) is 36.1. The Labute approximate surface area is 514 Å². The minimum Gasteiger partial charge on any atom is -0.481 e. The zero-order chi connectivity index (χ0) is 65.2. The van der Waals surface area contributed by atoms with E-state index in [9.17, 15) is 67.4 Å². The van der Waals surface area contributed by atoms with E-state index in [1.54, 1.807) is 57.2 Å². The number of benzene rings is 1. The molecule has 0 spiro atoms. The number of aliphatic imine (C=N–C) groups is 1. The molecule has 2 aromatic rings. The number of amides is 12. The summed E-state index contributed by atoms with van der Waals surface area (Å²) in [5.74, 6) is -12.4. The molecule has 2 saturated heterocycles. The summed E-state index contributed by atoms with van der Waals surface area (Å²) in [5.41, 5.74) is 17.4. The zero-order valence-corrected chi connectivity index (χ0v) is 50.7. The molecule has 0 aliphatic carbocycles. The number of halogens is 1. The maximum absolute atomic E-state index is 14.5. The number of carbonyl (C=O) groups is 13. The summed E-state index contributed by atoms with van der Waals surface area (Å²) in [4.78, 5) is 187. The molecule has 1 aromatic carbocycles. The van der Waals surface area contributed by atoms with Crippen molar-refractivity contribution in [2.24, 2.45) is 28.1 Å². The second-order valence-corrected chi connectivity index (χ2v) is 22.5. The van der Waals surface area contributed by atoms with Gasteiger partial charge in [-0.1, -0.05) is 50.6 Å². The molecule has 10 atom stereocenters. The Morgan fingerprint density at radius 1 is 0.750 bits per heavy atom. The van der Waals surface area contributed by atoms with Crippen molar-refractivity contribution in [2.45, 2.75) is 179 Å². The fourth-order valence-electron chi connectivity index (χ4n) is 9.70. The highest BCUT2D eigenvalue weighted by Gasteiger charge is 2.40. The van der Waals surface area contributed by atoms with E-state index in [-0.39, 0.29) is 95.7 Å². The smallest absolute Gasteiger partial charge is 0.305 e. The maximum Gasteiger partial charge on any atom is 0.305 e. The highest BCUT2D eigenvalue weighted by atomic mass is 35.5. The molecule has 2 fully saturated rings. The van der Waals surface area contributed by atoms with Gasteiger partial charge in [0.05, 0.1) is 12.8 Å². The average molecular weight is 1250 g/mol. The number of carbonyl (C=O) groups excluding carboxylic acids is 12. The SMILES string of the molecule is CC[C@H](NC(C)=O)C(=O)N[C@@H](Cc1ccc(Cl)cc1)C(=O)N[C@@H](Cc1cccnc1)C(=O)N[C@@H](CC(=O)O)C(=O)N[C@@H]1CC(=O)NCCCC[C@@H](C(=O)N2CCC[C@@H]2C(=O)N[C@@H](C)C(N)=O)NC(=O)[C@H](CC(C)C)NC(=O)[C@@H](CCCN=C(N)N)NC1=O. The predicted molar refractivity (Wildman–Crippen MR) is 319 cm³/mol. The summed E-state index contributed by atoms with van der Waals surface area (Å²) in [6.07, 6.45) is 1.50. The van der Waals surface area contributed by atoms with E-state index < -0.39 is 150 Å². The number of pyridine rings is 1. The van der Waals surface area contributed by atoms with E-state index in [0.717, 1.165) is 0 Å². The number of carboxylic acids is 1. The normalized spacial score (nSPS) is 20.3. The van der Waals surface area contributed by atoms with E-state index in [4.69, 9.17) is 28.8 Å². The highest BCUT2D eigenvalue weighted by molar-refractivity contribution is 6.30. The largest absolute Gasteiger partial charge is 0.481 e. The van der Waals surface area contributed by atoms with Gasteiger partial charge in [0.2, 0.25) is 70.9 Å². The molecule has 31 heteroatoms. The molecule has 0 unspecified atom stereocenters. The molecule has 0 saturated carbocycles. The number of carboxylic acid groups (broad SMARTS) is 1. The van der Waals surface area contributed by atoms with Crippen LogP contribution in [-0.4, -0.2) is 178 Å². The lowest BCUT2D eigenvalue weighted by Crippen LogP contribution is -2.61. The number of aliphatic carboxylic acids is 1. The second kappa shape index (κ2) is 35.6. The Bertz CT molecular complexity index is 2840. The molecule has 482 valence electrons. The molecule has 3 heterocycles. The van der Waals surface area contributed by atoms with E-state index >= 15 is 0 Å². The fourth-order valence-corrected chi connectivity index (χ4v) is 9.83. The molecule has 2 aliphatic rings. The van der Waals surface area contributed by atoms with Crippen LogP contribution >= 0.6 is 11.6 Å². The molecule has 30 nitrogen and oxygen atoms in total. The van der Waals surface area contributed by atoms with Crippen LogP contribution in [-0.2, 0) is 75.2 Å². The Hall–Kier alpha value is -8.96. The lowest BCUT2D eigenvalue weighted by atomic mass is 10.0. The summed E-state index contributed by atoms with van der Waals surface area (Å²) in [6.45, 7) is 7.82. The van der Waals surface area contributed by atoms with Crippen molar-refractivity contribution in [1.82, 2.24) is 63.1 Å². The maximum atomic E-state index is 14.5. The third kappa shape index (κ3) is 24.1. The van der Waals surface area contributed by atoms with E-state index in [1.165, 1.54) is 31.1 Å². The standard InChI is InChI=1S/C57H83ClN16O14/c1-6-36(66-32(5)75)48(80)70-40(25-33-16-18-35(58)19-17-33)51(83)71-41(26-34-12-9-20-62-29-34)52(84)73-43(28-46(77)78)54(86)72-42-27-45(76)63-21-8-7-13-38(56(88)74-23-11-15-44(74)55(87)65-31(4)47(59)79)68-50(82)39(24-30(2)3)69-49(81)37(67-53(42)85)14-10-22-64-57(60)61/h9,12,16-20,29-31,36-44H,6-8,10-11,13-15,21-28H2,1-5H3,(H2,59,79)(H,63,76)(H,65,87)(H,66,75)(H,67,85)(H,68,82)(H,69,81)(H,70,80)(H,71,83)(H,72,86)(H,73,84)(H,77,78)(H4,60,61,64)/t31-,36-,37+,38-,39-,40-,41-,42+,43-,44+/m0/s1. The number of nitrogens with one attached hydrogen (secondary N) is 10. The molecule has 2 aliphatic heterocycles. The number of primary amides is 1. The van der Waals surface area contributed by atoms with Gasteiger partial charge in [-0.25, -0.2) is 0 Å². The second-order valence-electron chi connectivity index (χ2n) is 22.0. The van der Waals surface area contributed by atoms with Gasteiger partial charge in [0, 0.05) is 56.8 Å². The van der Waals surface area contributed by atoms with Gasteiger partial charge >= 0.3 is 5.97 Å². The third-order valence-electron chi connectivity index (χ3n) is 14.3. The topological polar surface area (TPSA) is 469 Å². The first-order chi connectivity index (χ1) is 41.6. The number of rotatable bonds is 26. The number of nitrogens with two attached hydrogens (primary N) is 3. The van der Waals surface area contributed by atoms with E-state index in [0.29, 0.717) is 22.6 Å². The first kappa shape index (κ1) is 71.5. The molecule has 17 N–H and O–H groups in total. The number of hydrogen-bond donors (Lipinski definition) is 14. The van der Waals surface area contributed by atoms with Crippen molar-refractivity contribution in [3.63, 3.8) is 0 Å². The van der Waals surface area contributed by atoms with Crippen LogP contribution in [0.5, 0.6) is 0 Å². The minimum absolute atomic E-state index is 0.0131. The van der Waals surface area contributed by atoms with Crippen LogP contribution < -0.4 is 70.4 Å². The van der Waals surface area contributed by atoms with Crippen molar-refractivity contribution in [1.29, 1.82) is 0 Å². The van der Waals surface area contributed by atoms with Crippen LogP contribution in [0.25, 0.3) is 0 Å². The van der Waals surface area contributed by atoms with Gasteiger partial charge in [-0.3, -0.25) is 72.3 Å². The van der Waals surface area contributed by atoms with Crippen molar-refractivity contribution in [3.05, 3.63) is 64.9 Å². The van der Waals surface area contributed by atoms with Crippen LogP contribution in [0, 0.1) is 5.92 Å². The molecule has 0 radical (unpaired) electrons. The lowest BCUT2D eigenvalue weighted by Gasteiger charge is -2.31. The van der Waals surface area contributed by atoms with Crippen LogP contribution in [0.2, 0.25) is 5.02 Å². The van der Waals surface area contributed by atoms with Crippen LogP contribution in [0.1, 0.15) is 116 Å². The van der Waals surface area contributed by atoms with Gasteiger partial charge in [0.1, 0.15) is 60.4 Å². The van der Waals surface area contributed by atoms with Crippen LogP contribution in [0.4, 0.5) is 0 Å². The third-order valence-corrected chi connectivity index (χ3v) is 14.6. The molecule has 4 rings (SSSR count). The quantitative estimate of drug-likeness (QED) is 0.0255. The lowest BCUT2D eigenvalue weighted by molar-refractivity contribution is -0.142. The summed E-state index contributed by atoms with van der Waals surface area (Å²) >= 11 is 6.12. The molecular weight excluding hydrogens is 1170 g/mol. The summed E-state index contributed by atoms with van der Waals surface area (Å²) in [6, 6.07) is -4.67. The summed E-state index contributed by atoms with van der Waals surface area (Å²) < 4.78 is 0. The van der Waals surface area contributed by atoms with Crippen LogP contribution in [0.15, 0.2) is 53.8 Å². The number of hydrogen-bond acceptors (Lipinski definition) is 15. The molecule has 88 heavy (non-hydrogen) atoms. The monoisotopic (exact) mass is 1250 g/mol. The van der Waals surface area contributed by atoms with Gasteiger partial charge in [0.15, 0.2) is 5.96 Å². The van der Waals surface area contributed by atoms with Crippen molar-refractivity contribution >= 4 is 94.4 Å². The number of nitrogens with zero attached hydrogens (tertiary/aromatic N) is 3. The van der Waals surface area contributed by atoms with Crippen LogP contribution in [0.3, 0.4) is 0 Å². The van der Waals surface area contributed by atoms with Gasteiger partial charge in [0.25, 0.3) is 0 Å². The first-order valence-corrected chi connectivity index (χ1v) is 29.5. The van der Waals surface area contributed by atoms with E-state index in [2.05, 4.69) is 63.1 Å². The Morgan fingerprint density at radius 3 is 1.97 bits per heavy atom. The van der Waals surface area contributed by atoms with Gasteiger partial charge < -0.3 is 80.4 Å². The minimum atomic E-state index is -2.01. The predicted octanol–water partition coefficient (Wildman–Crippen LogP) is -2.93. The molecule has 0 bridgehead atoms.